The van der Waals surface area contributed by atoms with Crippen molar-refractivity contribution in [2.75, 3.05) is 25.0 Å². The predicted molar refractivity (Wildman–Crippen MR) is 78.6 cm³/mol. The Hall–Kier alpha value is -1.95. The number of benzene rings is 1. The van der Waals surface area contributed by atoms with Crippen molar-refractivity contribution in [1.29, 1.82) is 0 Å². The van der Waals surface area contributed by atoms with Gasteiger partial charge in [-0.15, -0.1) is 0 Å². The number of nitrogens with two attached hydrogens (primary N) is 1. The van der Waals surface area contributed by atoms with Crippen LogP contribution in [0.15, 0.2) is 18.2 Å². The maximum atomic E-state index is 14.0. The third-order valence-electron chi connectivity index (χ3n) is 3.77. The molecule has 5 nitrogen and oxygen atoms in total. The standard InChI is InChI=1S/C15H20FN3O2/c1-10-3-4-11(2)12(7-10)18-13(20)8-19-6-5-15(16,9-19)14(17)21/h3-4,7H,5-6,8-9H2,1-2H3,(H2,17,21)(H,18,20). The van der Waals surface area contributed by atoms with Crippen LogP contribution in [0.5, 0.6) is 0 Å². The normalized spacial score (nSPS) is 22.2. The van der Waals surface area contributed by atoms with Crippen LogP contribution in [0.3, 0.4) is 0 Å². The molecule has 6 heteroatoms. The number of hydrogen-bond donors (Lipinski definition) is 2. The SMILES string of the molecule is Cc1ccc(C)c(NC(=O)CN2CCC(F)(C(N)=O)C2)c1. The molecule has 0 spiro atoms. The number of nitrogens with one attached hydrogen (secondary N) is 1. The Morgan fingerprint density at radius 3 is 2.76 bits per heavy atom. The Bertz CT molecular complexity index is 576. The molecule has 0 aliphatic carbocycles. The minimum absolute atomic E-state index is 0.0408. The van der Waals surface area contributed by atoms with Crippen molar-refractivity contribution in [3.8, 4) is 0 Å². The molecular formula is C15H20FN3O2. The van der Waals surface area contributed by atoms with E-state index in [-0.39, 0.29) is 25.4 Å². The van der Waals surface area contributed by atoms with E-state index >= 15 is 0 Å². The minimum atomic E-state index is -2.01. The number of primary amides is 1. The average molecular weight is 293 g/mol. The van der Waals surface area contributed by atoms with Crippen LogP contribution >= 0.6 is 0 Å². The Morgan fingerprint density at radius 2 is 2.14 bits per heavy atom. The quantitative estimate of drug-likeness (QED) is 0.874. The van der Waals surface area contributed by atoms with E-state index in [1.807, 2.05) is 32.0 Å². The summed E-state index contributed by atoms with van der Waals surface area (Å²) in [4.78, 5) is 24.7. The number of carbonyl (C=O) groups excluding carboxylic acids is 2. The van der Waals surface area contributed by atoms with Crippen LogP contribution in [0.2, 0.25) is 0 Å². The number of likely N-dealkylation sites (tertiary alicyclic amines) is 1. The molecule has 1 saturated heterocycles. The average Bonchev–Trinajstić information content (AvgIpc) is 2.77. The highest BCUT2D eigenvalue weighted by Crippen LogP contribution is 2.25. The molecular weight excluding hydrogens is 273 g/mol. The molecule has 3 N–H and O–H groups in total. The van der Waals surface area contributed by atoms with Crippen LogP contribution in [-0.2, 0) is 9.59 Å². The van der Waals surface area contributed by atoms with Crippen LogP contribution in [0.4, 0.5) is 10.1 Å². The van der Waals surface area contributed by atoms with E-state index in [9.17, 15) is 14.0 Å². The van der Waals surface area contributed by atoms with E-state index in [4.69, 9.17) is 5.73 Å². The van der Waals surface area contributed by atoms with E-state index in [1.165, 1.54) is 0 Å². The van der Waals surface area contributed by atoms with Gasteiger partial charge < -0.3 is 11.1 Å². The topological polar surface area (TPSA) is 75.4 Å². The first kappa shape index (κ1) is 15.4. The monoisotopic (exact) mass is 293 g/mol. The first-order valence-electron chi connectivity index (χ1n) is 6.88. The van der Waals surface area contributed by atoms with Crippen molar-refractivity contribution in [1.82, 2.24) is 4.90 Å². The molecule has 2 rings (SSSR count). The zero-order valence-corrected chi connectivity index (χ0v) is 12.3. The molecule has 21 heavy (non-hydrogen) atoms. The first-order chi connectivity index (χ1) is 9.80. The highest BCUT2D eigenvalue weighted by Gasteiger charge is 2.43. The summed E-state index contributed by atoms with van der Waals surface area (Å²) in [7, 11) is 0. The number of rotatable bonds is 4. The van der Waals surface area contributed by atoms with Gasteiger partial charge in [-0.25, -0.2) is 4.39 Å². The smallest absolute Gasteiger partial charge is 0.256 e. The van der Waals surface area contributed by atoms with E-state index in [0.29, 0.717) is 6.54 Å². The second-order valence-corrected chi connectivity index (χ2v) is 5.66. The zero-order valence-electron chi connectivity index (χ0n) is 12.3. The summed E-state index contributed by atoms with van der Waals surface area (Å²) in [6, 6.07) is 5.79. The van der Waals surface area contributed by atoms with Crippen molar-refractivity contribution in [3.63, 3.8) is 0 Å². The van der Waals surface area contributed by atoms with Crippen LogP contribution in [0, 0.1) is 13.8 Å². The van der Waals surface area contributed by atoms with Gasteiger partial charge in [0.05, 0.1) is 6.54 Å². The number of aryl methyl sites for hydroxylation is 2. The van der Waals surface area contributed by atoms with Crippen LogP contribution in [0.25, 0.3) is 0 Å². The molecule has 1 unspecified atom stereocenters. The second-order valence-electron chi connectivity index (χ2n) is 5.66. The van der Waals surface area contributed by atoms with Gasteiger partial charge >= 0.3 is 0 Å². The number of nitrogens with zero attached hydrogens (tertiary/aromatic N) is 1. The van der Waals surface area contributed by atoms with Crippen molar-refractivity contribution in [2.24, 2.45) is 5.73 Å². The highest BCUT2D eigenvalue weighted by molar-refractivity contribution is 5.93. The third-order valence-corrected chi connectivity index (χ3v) is 3.77. The number of anilines is 1. The van der Waals surface area contributed by atoms with Gasteiger partial charge in [0.2, 0.25) is 11.6 Å². The molecule has 1 aromatic carbocycles. The minimum Gasteiger partial charge on any atom is -0.367 e. The second kappa shape index (κ2) is 5.81. The molecule has 1 heterocycles. The Morgan fingerprint density at radius 1 is 1.43 bits per heavy atom. The van der Waals surface area contributed by atoms with E-state index in [2.05, 4.69) is 5.32 Å². The summed E-state index contributed by atoms with van der Waals surface area (Å²) in [5.41, 5.74) is 5.79. The predicted octanol–water partition coefficient (Wildman–Crippen LogP) is 1.14. The van der Waals surface area contributed by atoms with Gasteiger partial charge in [-0.05, 0) is 31.0 Å². The third kappa shape index (κ3) is 3.58. The lowest BCUT2D eigenvalue weighted by molar-refractivity contribution is -0.129. The molecule has 0 aromatic heterocycles. The molecule has 1 fully saturated rings. The van der Waals surface area contributed by atoms with Gasteiger partial charge in [0, 0.05) is 25.2 Å². The van der Waals surface area contributed by atoms with Crippen molar-refractivity contribution >= 4 is 17.5 Å². The van der Waals surface area contributed by atoms with Gasteiger partial charge in [-0.2, -0.15) is 0 Å². The molecule has 0 bridgehead atoms. The maximum absolute atomic E-state index is 14.0. The number of halogens is 1. The lowest BCUT2D eigenvalue weighted by atomic mass is 10.1. The van der Waals surface area contributed by atoms with E-state index in [1.54, 1.807) is 4.90 Å². The van der Waals surface area contributed by atoms with Gasteiger partial charge in [-0.3, -0.25) is 14.5 Å². The summed E-state index contributed by atoms with van der Waals surface area (Å²) < 4.78 is 14.0. The Labute approximate surface area is 123 Å². The molecule has 1 atom stereocenters. The molecule has 0 saturated carbocycles. The fraction of sp³-hybridized carbons (Fsp3) is 0.467. The fourth-order valence-corrected chi connectivity index (χ4v) is 2.45. The van der Waals surface area contributed by atoms with Crippen LogP contribution in [-0.4, -0.2) is 42.0 Å². The van der Waals surface area contributed by atoms with Gasteiger partial charge in [0.1, 0.15) is 0 Å². The highest BCUT2D eigenvalue weighted by atomic mass is 19.1. The summed E-state index contributed by atoms with van der Waals surface area (Å²) in [5.74, 6) is -1.18. The molecule has 1 aromatic rings. The number of alkyl halides is 1. The summed E-state index contributed by atoms with van der Waals surface area (Å²) >= 11 is 0. The van der Waals surface area contributed by atoms with Crippen molar-refractivity contribution in [3.05, 3.63) is 29.3 Å². The number of amides is 2. The lowest BCUT2D eigenvalue weighted by Gasteiger charge is -2.18. The van der Waals surface area contributed by atoms with Crippen molar-refractivity contribution < 1.29 is 14.0 Å². The molecule has 1 aliphatic heterocycles. The van der Waals surface area contributed by atoms with E-state index < -0.39 is 11.6 Å². The molecule has 114 valence electrons. The van der Waals surface area contributed by atoms with Gasteiger partial charge in [0.15, 0.2) is 0 Å². The number of hydrogen-bond acceptors (Lipinski definition) is 3. The van der Waals surface area contributed by atoms with Crippen molar-refractivity contribution in [2.45, 2.75) is 25.9 Å². The largest absolute Gasteiger partial charge is 0.367 e. The summed E-state index contributed by atoms with van der Waals surface area (Å²) in [6.45, 7) is 4.12. The summed E-state index contributed by atoms with van der Waals surface area (Å²) in [5, 5.41) is 2.82. The molecule has 2 amide bonds. The lowest BCUT2D eigenvalue weighted by Crippen LogP contribution is -2.43. The van der Waals surface area contributed by atoms with Crippen LogP contribution in [0.1, 0.15) is 17.5 Å². The maximum Gasteiger partial charge on any atom is 0.256 e. The fourth-order valence-electron chi connectivity index (χ4n) is 2.45. The molecule has 1 aliphatic rings. The summed E-state index contributed by atoms with van der Waals surface area (Å²) in [6.07, 6.45) is 0.0408. The first-order valence-corrected chi connectivity index (χ1v) is 6.88. The van der Waals surface area contributed by atoms with Crippen LogP contribution < -0.4 is 11.1 Å². The molecule has 0 radical (unpaired) electrons. The Kier molecular flexibility index (Phi) is 4.27. The Balaban J connectivity index is 1.94. The van der Waals surface area contributed by atoms with Gasteiger partial charge in [0.25, 0.3) is 5.91 Å². The number of carbonyl (C=O) groups is 2. The van der Waals surface area contributed by atoms with E-state index in [0.717, 1.165) is 16.8 Å². The van der Waals surface area contributed by atoms with Gasteiger partial charge in [-0.1, -0.05) is 12.1 Å². The zero-order chi connectivity index (χ0) is 15.6.